The molecule has 1 aromatic carbocycles. The van der Waals surface area contributed by atoms with E-state index in [1.807, 2.05) is 0 Å². The van der Waals surface area contributed by atoms with Gasteiger partial charge in [-0.05, 0) is 111 Å². The minimum Gasteiger partial charge on any atom is -0.336 e. The quantitative estimate of drug-likeness (QED) is 0.665. The number of rotatable bonds is 2. The van der Waals surface area contributed by atoms with Crippen LogP contribution in [0.3, 0.4) is 0 Å². The van der Waals surface area contributed by atoms with Crippen LogP contribution in [0, 0.1) is 17.3 Å². The molecule has 2 saturated heterocycles. The van der Waals surface area contributed by atoms with Crippen LogP contribution in [-0.2, 0) is 10.2 Å². The number of fused-ring (bicyclic) bond motifs is 2. The van der Waals surface area contributed by atoms with Gasteiger partial charge < -0.3 is 9.80 Å². The van der Waals surface area contributed by atoms with Crippen molar-refractivity contribution in [2.75, 3.05) is 19.6 Å². The van der Waals surface area contributed by atoms with Gasteiger partial charge in [0.05, 0.1) is 6.04 Å². The molecule has 2 unspecified atom stereocenters. The van der Waals surface area contributed by atoms with Gasteiger partial charge in [-0.2, -0.15) is 0 Å². The zero-order chi connectivity index (χ0) is 19.9. The predicted octanol–water partition coefficient (Wildman–Crippen LogP) is 5.30. The molecule has 1 aromatic rings. The molecule has 0 N–H and O–H groups in total. The maximum Gasteiger partial charge on any atom is 0.223 e. The lowest BCUT2D eigenvalue weighted by Crippen LogP contribution is -2.49. The Morgan fingerprint density at radius 3 is 2.53 bits per heavy atom. The van der Waals surface area contributed by atoms with E-state index < -0.39 is 0 Å². The Kier molecular flexibility index (Phi) is 3.86. The largest absolute Gasteiger partial charge is 0.336 e. The molecule has 1 amide bonds. The molecule has 3 saturated carbocycles. The fourth-order valence-corrected chi connectivity index (χ4v) is 9.01. The summed E-state index contributed by atoms with van der Waals surface area (Å²) in [5.41, 5.74) is 4.24. The first kappa shape index (κ1) is 18.2. The van der Waals surface area contributed by atoms with E-state index in [4.69, 9.17) is 0 Å². The monoisotopic (exact) mass is 406 g/mol. The van der Waals surface area contributed by atoms with Crippen LogP contribution in [0.1, 0.15) is 89.2 Å². The number of carbonyl (C=O) groups is 1. The Bertz CT molecular complexity index is 878. The van der Waals surface area contributed by atoms with Crippen LogP contribution in [0.5, 0.6) is 0 Å². The molecule has 3 heteroatoms. The Morgan fingerprint density at radius 1 is 0.933 bits per heavy atom. The van der Waals surface area contributed by atoms with Gasteiger partial charge in [-0.15, -0.1) is 0 Å². The molecule has 0 radical (unpaired) electrons. The summed E-state index contributed by atoms with van der Waals surface area (Å²) < 4.78 is 0. The Labute approximate surface area is 182 Å². The number of benzene rings is 1. The predicted molar refractivity (Wildman–Crippen MR) is 120 cm³/mol. The minimum absolute atomic E-state index is 0. The van der Waals surface area contributed by atoms with Crippen molar-refractivity contribution < 1.29 is 6.22 Å². The van der Waals surface area contributed by atoms with Gasteiger partial charge in [0.15, 0.2) is 0 Å². The highest BCUT2D eigenvalue weighted by Crippen LogP contribution is 2.73. The Hall–Kier alpha value is -1.35. The molecule has 30 heavy (non-hydrogen) atoms. The van der Waals surface area contributed by atoms with Crippen molar-refractivity contribution in [1.82, 2.24) is 9.80 Å². The summed E-state index contributed by atoms with van der Waals surface area (Å²) in [5, 5.41) is 0. The molecule has 4 aliphatic carbocycles. The summed E-state index contributed by atoms with van der Waals surface area (Å²) in [4.78, 5) is 17.6. The third-order valence-electron chi connectivity index (χ3n) is 10.7. The Balaban J connectivity index is 0.00000185. The lowest BCUT2D eigenvalue weighted by atomic mass is 9.63. The Morgan fingerprint density at radius 2 is 1.77 bits per heavy atom. The average molecular weight is 407 g/mol. The van der Waals surface area contributed by atoms with Crippen molar-refractivity contribution in [2.24, 2.45) is 17.3 Å². The molecule has 0 aromatic heterocycles. The summed E-state index contributed by atoms with van der Waals surface area (Å²) >= 11 is 0. The van der Waals surface area contributed by atoms with Gasteiger partial charge in [0.25, 0.3) is 0 Å². The van der Waals surface area contributed by atoms with E-state index in [0.29, 0.717) is 17.4 Å². The SMILES string of the molecule is O=C1CCCN1[C@H]1CCC2(CCN([C@@H]3C[C@@H]4CCC5CC54C3)CC2)c2ccccc21.[HH]. The van der Waals surface area contributed by atoms with Crippen molar-refractivity contribution in [2.45, 2.75) is 88.1 Å². The summed E-state index contributed by atoms with van der Waals surface area (Å²) in [5.74, 6) is 2.56. The molecule has 162 valence electrons. The molecule has 2 aliphatic heterocycles. The second-order valence-corrected chi connectivity index (χ2v) is 11.7. The van der Waals surface area contributed by atoms with E-state index in [0.717, 1.165) is 42.7 Å². The van der Waals surface area contributed by atoms with Crippen molar-refractivity contribution in [3.63, 3.8) is 0 Å². The summed E-state index contributed by atoms with van der Waals surface area (Å²) in [6.07, 6.45) is 14.5. The molecule has 6 aliphatic rings. The highest BCUT2D eigenvalue weighted by Gasteiger charge is 2.66. The lowest BCUT2D eigenvalue weighted by Gasteiger charge is -2.49. The van der Waals surface area contributed by atoms with Crippen molar-refractivity contribution in [1.29, 1.82) is 0 Å². The molecule has 2 heterocycles. The van der Waals surface area contributed by atoms with Crippen LogP contribution in [-0.4, -0.2) is 41.4 Å². The van der Waals surface area contributed by atoms with Crippen LogP contribution in [0.25, 0.3) is 0 Å². The highest BCUT2D eigenvalue weighted by atomic mass is 16.2. The summed E-state index contributed by atoms with van der Waals surface area (Å²) in [6, 6.07) is 10.4. The van der Waals surface area contributed by atoms with Crippen LogP contribution >= 0.6 is 0 Å². The third kappa shape index (κ3) is 2.45. The average Bonchev–Trinajstić information content (AvgIpc) is 3.06. The van der Waals surface area contributed by atoms with Gasteiger partial charge in [0.1, 0.15) is 0 Å². The highest BCUT2D eigenvalue weighted by molar-refractivity contribution is 5.78. The van der Waals surface area contributed by atoms with E-state index in [-0.39, 0.29) is 1.43 Å². The first-order valence-electron chi connectivity index (χ1n) is 12.8. The summed E-state index contributed by atoms with van der Waals surface area (Å²) in [7, 11) is 0. The van der Waals surface area contributed by atoms with Gasteiger partial charge in [0.2, 0.25) is 5.91 Å². The topological polar surface area (TPSA) is 23.6 Å². The number of piperidine rings is 1. The molecule has 5 fully saturated rings. The number of amides is 1. The minimum atomic E-state index is 0. The van der Waals surface area contributed by atoms with E-state index in [1.54, 1.807) is 12.0 Å². The van der Waals surface area contributed by atoms with Crippen LogP contribution in [0.4, 0.5) is 0 Å². The van der Waals surface area contributed by atoms with Crippen molar-refractivity contribution >= 4 is 5.91 Å². The zero-order valence-electron chi connectivity index (χ0n) is 18.3. The van der Waals surface area contributed by atoms with E-state index in [9.17, 15) is 4.79 Å². The zero-order valence-corrected chi connectivity index (χ0v) is 18.3. The molecule has 5 atom stereocenters. The van der Waals surface area contributed by atoms with Gasteiger partial charge in [-0.3, -0.25) is 4.79 Å². The maximum atomic E-state index is 12.5. The number of carbonyl (C=O) groups excluding carboxylic acids is 1. The van der Waals surface area contributed by atoms with E-state index >= 15 is 0 Å². The van der Waals surface area contributed by atoms with Crippen molar-refractivity contribution in [3.05, 3.63) is 35.4 Å². The number of hydrogen-bond acceptors (Lipinski definition) is 2. The second-order valence-electron chi connectivity index (χ2n) is 11.7. The number of nitrogens with zero attached hydrogens (tertiary/aromatic N) is 2. The van der Waals surface area contributed by atoms with E-state index in [2.05, 4.69) is 34.1 Å². The molecule has 3 nitrogen and oxygen atoms in total. The maximum absolute atomic E-state index is 12.5. The second kappa shape index (κ2) is 6.34. The first-order chi connectivity index (χ1) is 14.7. The number of likely N-dealkylation sites (tertiary alicyclic amines) is 2. The van der Waals surface area contributed by atoms with E-state index in [1.165, 1.54) is 70.0 Å². The standard InChI is InChI=1S/C27H36N2O.H2/c30-25-6-3-13-29(25)24-9-10-26(23-5-2-1-4-22(23)24)11-14-28(15-12-26)21-16-19-7-8-20-17-27(19,20)18-21;/h1-2,4-5,19-21,24H,3,6-18H2;1H/t19-,20?,21+,24-,27?;/m0./s1. The molecular weight excluding hydrogens is 368 g/mol. The molecule has 7 rings (SSSR count). The van der Waals surface area contributed by atoms with Crippen LogP contribution in [0.15, 0.2) is 24.3 Å². The molecule has 2 spiro atoms. The normalized spacial score (nSPS) is 41.7. The third-order valence-corrected chi connectivity index (χ3v) is 10.7. The fourth-order valence-electron chi connectivity index (χ4n) is 9.01. The van der Waals surface area contributed by atoms with Gasteiger partial charge in [0, 0.05) is 20.4 Å². The van der Waals surface area contributed by atoms with Gasteiger partial charge >= 0.3 is 0 Å². The van der Waals surface area contributed by atoms with Crippen molar-refractivity contribution in [3.8, 4) is 0 Å². The lowest BCUT2D eigenvalue weighted by molar-refractivity contribution is -0.130. The van der Waals surface area contributed by atoms with Crippen LogP contribution < -0.4 is 0 Å². The van der Waals surface area contributed by atoms with Crippen LogP contribution in [0.2, 0.25) is 0 Å². The number of hydrogen-bond donors (Lipinski definition) is 0. The summed E-state index contributed by atoms with van der Waals surface area (Å²) in [6.45, 7) is 3.55. The first-order valence-corrected chi connectivity index (χ1v) is 12.8. The molecular formula is C27H38N2O. The van der Waals surface area contributed by atoms with Gasteiger partial charge in [-0.25, -0.2) is 0 Å². The fraction of sp³-hybridized carbons (Fsp3) is 0.741. The smallest absolute Gasteiger partial charge is 0.223 e. The van der Waals surface area contributed by atoms with Gasteiger partial charge in [-0.1, -0.05) is 24.3 Å². The molecule has 0 bridgehead atoms.